The molecule has 7 nitrogen and oxygen atoms in total. The van der Waals surface area contributed by atoms with Crippen LogP contribution in [-0.2, 0) is 10.0 Å². The summed E-state index contributed by atoms with van der Waals surface area (Å²) in [5, 5.41) is 11.5. The highest BCUT2D eigenvalue weighted by Crippen LogP contribution is 2.20. The zero-order valence-electron chi connectivity index (χ0n) is 17.3. The third-order valence-electron chi connectivity index (χ3n) is 4.85. The van der Waals surface area contributed by atoms with Crippen LogP contribution in [0.25, 0.3) is 0 Å². The minimum atomic E-state index is -3.69. The molecule has 2 aromatic carbocycles. The predicted molar refractivity (Wildman–Crippen MR) is 116 cm³/mol. The van der Waals surface area contributed by atoms with Crippen molar-refractivity contribution in [2.24, 2.45) is 0 Å². The van der Waals surface area contributed by atoms with E-state index < -0.39 is 10.0 Å². The molecule has 0 fully saturated rings. The van der Waals surface area contributed by atoms with Gasteiger partial charge in [-0.1, -0.05) is 44.2 Å². The number of benzene rings is 2. The number of hydrogen-bond acceptors (Lipinski definition) is 5. The van der Waals surface area contributed by atoms with Gasteiger partial charge in [0.1, 0.15) is 0 Å². The molecular formula is C22H28N4O3S. The van der Waals surface area contributed by atoms with Crippen LogP contribution in [0.2, 0.25) is 0 Å². The highest BCUT2D eigenvalue weighted by molar-refractivity contribution is 7.89. The van der Waals surface area contributed by atoms with E-state index in [-0.39, 0.29) is 29.8 Å². The second-order valence-electron chi connectivity index (χ2n) is 6.69. The average molecular weight is 429 g/mol. The first-order chi connectivity index (χ1) is 14.4. The number of hydrogen-bond donors (Lipinski definition) is 2. The Morgan fingerprint density at radius 2 is 1.70 bits per heavy atom. The summed E-state index contributed by atoms with van der Waals surface area (Å²) in [6, 6.07) is 17.7. The van der Waals surface area contributed by atoms with E-state index in [1.807, 2.05) is 36.4 Å². The minimum Gasteiger partial charge on any atom is -0.350 e. The third kappa shape index (κ3) is 6.39. The first kappa shape index (κ1) is 23.5. The maximum Gasteiger partial charge on any atom is 0.251 e. The number of rotatable bonds is 11. The number of sulfonamides is 1. The SMILES string of the molecule is CCN(CC)[C@@H](CNC(=O)c1ccc(S(=O)(=O)NCCC#N)cc1)c1ccccc1. The van der Waals surface area contributed by atoms with Gasteiger partial charge in [0.15, 0.2) is 0 Å². The number of carbonyl (C=O) groups is 1. The summed E-state index contributed by atoms with van der Waals surface area (Å²) < 4.78 is 26.7. The molecule has 0 saturated carbocycles. The van der Waals surface area contributed by atoms with Crippen LogP contribution in [0.3, 0.4) is 0 Å². The first-order valence-corrected chi connectivity index (χ1v) is 11.4. The smallest absolute Gasteiger partial charge is 0.251 e. The van der Waals surface area contributed by atoms with Gasteiger partial charge in [0, 0.05) is 25.1 Å². The standard InChI is InChI=1S/C22H28N4O3S/c1-3-26(4-2)21(18-9-6-5-7-10-18)17-24-22(27)19-11-13-20(14-12-19)30(28,29)25-16-8-15-23/h5-7,9-14,21,25H,3-4,8,16-17H2,1-2H3,(H,24,27)/t21-/m0/s1. The highest BCUT2D eigenvalue weighted by atomic mass is 32.2. The van der Waals surface area contributed by atoms with Crippen LogP contribution < -0.4 is 10.0 Å². The number of nitrogens with one attached hydrogen (secondary N) is 2. The van der Waals surface area contributed by atoms with Gasteiger partial charge >= 0.3 is 0 Å². The number of nitrogens with zero attached hydrogens (tertiary/aromatic N) is 2. The normalized spacial score (nSPS) is 12.3. The fourth-order valence-electron chi connectivity index (χ4n) is 3.20. The Labute approximate surface area is 178 Å². The molecule has 0 aliphatic heterocycles. The molecule has 1 atom stereocenters. The van der Waals surface area contributed by atoms with Crippen LogP contribution in [0.15, 0.2) is 59.5 Å². The highest BCUT2D eigenvalue weighted by Gasteiger charge is 2.19. The van der Waals surface area contributed by atoms with E-state index in [0.29, 0.717) is 12.1 Å². The maximum absolute atomic E-state index is 12.6. The van der Waals surface area contributed by atoms with E-state index in [0.717, 1.165) is 18.7 Å². The van der Waals surface area contributed by atoms with Crippen LogP contribution in [-0.4, -0.2) is 45.4 Å². The molecule has 0 aliphatic rings. The minimum absolute atomic E-state index is 0.0489. The van der Waals surface area contributed by atoms with Gasteiger partial charge in [-0.3, -0.25) is 9.69 Å². The van der Waals surface area contributed by atoms with Crippen LogP contribution in [0.4, 0.5) is 0 Å². The van der Waals surface area contributed by atoms with Gasteiger partial charge in [0.2, 0.25) is 10.0 Å². The lowest BCUT2D eigenvalue weighted by Crippen LogP contribution is -2.38. The van der Waals surface area contributed by atoms with Gasteiger partial charge in [0.25, 0.3) is 5.91 Å². The van der Waals surface area contributed by atoms with Gasteiger partial charge in [-0.2, -0.15) is 5.26 Å². The summed E-state index contributed by atoms with van der Waals surface area (Å²) in [5.74, 6) is -0.260. The van der Waals surface area contributed by atoms with Crippen LogP contribution in [0.5, 0.6) is 0 Å². The molecule has 0 spiro atoms. The van der Waals surface area contributed by atoms with Crippen molar-refractivity contribution in [1.29, 1.82) is 5.26 Å². The van der Waals surface area contributed by atoms with Crippen molar-refractivity contribution in [3.05, 3.63) is 65.7 Å². The van der Waals surface area contributed by atoms with E-state index in [9.17, 15) is 13.2 Å². The lowest BCUT2D eigenvalue weighted by atomic mass is 10.0. The van der Waals surface area contributed by atoms with E-state index in [1.54, 1.807) is 0 Å². The lowest BCUT2D eigenvalue weighted by Gasteiger charge is -2.30. The van der Waals surface area contributed by atoms with E-state index in [1.165, 1.54) is 24.3 Å². The summed E-state index contributed by atoms with van der Waals surface area (Å²) >= 11 is 0. The van der Waals surface area contributed by atoms with Gasteiger partial charge in [-0.05, 0) is 42.9 Å². The monoisotopic (exact) mass is 428 g/mol. The summed E-state index contributed by atoms with van der Waals surface area (Å²) in [4.78, 5) is 15.0. The Morgan fingerprint density at radius 3 is 2.27 bits per heavy atom. The molecule has 0 unspecified atom stereocenters. The summed E-state index contributed by atoms with van der Waals surface area (Å²) in [6.45, 7) is 6.39. The molecule has 0 heterocycles. The van der Waals surface area contributed by atoms with Gasteiger partial charge in [-0.15, -0.1) is 0 Å². The number of amides is 1. The van der Waals surface area contributed by atoms with Crippen molar-refractivity contribution in [2.45, 2.75) is 31.2 Å². The van der Waals surface area contributed by atoms with Crippen molar-refractivity contribution in [1.82, 2.24) is 14.9 Å². The average Bonchev–Trinajstić information content (AvgIpc) is 2.77. The van der Waals surface area contributed by atoms with E-state index >= 15 is 0 Å². The predicted octanol–water partition coefficient (Wildman–Crippen LogP) is 2.69. The third-order valence-corrected chi connectivity index (χ3v) is 6.33. The quantitative estimate of drug-likeness (QED) is 0.536. The molecule has 0 aromatic heterocycles. The fourth-order valence-corrected chi connectivity index (χ4v) is 4.23. The molecule has 30 heavy (non-hydrogen) atoms. The molecule has 2 aromatic rings. The molecule has 160 valence electrons. The Morgan fingerprint density at radius 1 is 1.07 bits per heavy atom. The maximum atomic E-state index is 12.6. The zero-order valence-corrected chi connectivity index (χ0v) is 18.2. The van der Waals surface area contributed by atoms with Gasteiger partial charge in [-0.25, -0.2) is 13.1 Å². The van der Waals surface area contributed by atoms with Crippen LogP contribution in [0, 0.1) is 11.3 Å². The summed E-state index contributed by atoms with van der Waals surface area (Å²) in [5.41, 5.74) is 1.52. The van der Waals surface area contributed by atoms with Crippen molar-refractivity contribution in [3.8, 4) is 6.07 Å². The van der Waals surface area contributed by atoms with Gasteiger partial charge < -0.3 is 5.32 Å². The summed E-state index contributed by atoms with van der Waals surface area (Å²) in [6.07, 6.45) is 0.0921. The molecule has 0 radical (unpaired) electrons. The van der Waals surface area contributed by atoms with Crippen LogP contribution in [0.1, 0.15) is 42.2 Å². The molecule has 0 saturated heterocycles. The second kappa shape index (κ2) is 11.5. The molecule has 0 aliphatic carbocycles. The topological polar surface area (TPSA) is 102 Å². The Bertz CT molecular complexity index is 950. The van der Waals surface area contributed by atoms with Crippen LogP contribution >= 0.6 is 0 Å². The zero-order chi connectivity index (χ0) is 22.0. The van der Waals surface area contributed by atoms with Crippen molar-refractivity contribution in [3.63, 3.8) is 0 Å². The number of nitriles is 1. The van der Waals surface area contributed by atoms with E-state index in [4.69, 9.17) is 5.26 Å². The van der Waals surface area contributed by atoms with Gasteiger partial charge in [0.05, 0.1) is 17.0 Å². The van der Waals surface area contributed by atoms with Crippen molar-refractivity contribution < 1.29 is 13.2 Å². The first-order valence-electron chi connectivity index (χ1n) is 9.96. The molecule has 1 amide bonds. The number of likely N-dealkylation sites (N-methyl/N-ethyl adjacent to an activating group) is 1. The molecule has 8 heteroatoms. The molecule has 0 bridgehead atoms. The summed E-state index contributed by atoms with van der Waals surface area (Å²) in [7, 11) is -3.69. The molecule has 2 rings (SSSR count). The largest absolute Gasteiger partial charge is 0.350 e. The number of carbonyl (C=O) groups excluding carboxylic acids is 1. The second-order valence-corrected chi connectivity index (χ2v) is 8.45. The molecule has 2 N–H and O–H groups in total. The van der Waals surface area contributed by atoms with Crippen molar-refractivity contribution >= 4 is 15.9 Å². The molecular weight excluding hydrogens is 400 g/mol. The Balaban J connectivity index is 2.07. The Kier molecular flexibility index (Phi) is 8.99. The van der Waals surface area contributed by atoms with E-state index in [2.05, 4.69) is 28.8 Å². The Hall–Kier alpha value is -2.73. The van der Waals surface area contributed by atoms with Crippen molar-refractivity contribution in [2.75, 3.05) is 26.2 Å². The lowest BCUT2D eigenvalue weighted by molar-refractivity contribution is 0.0935. The fraction of sp³-hybridized carbons (Fsp3) is 0.364.